The van der Waals surface area contributed by atoms with E-state index in [2.05, 4.69) is 36.3 Å². The normalized spacial score (nSPS) is 12.8. The molecule has 2 aromatic rings. The molecule has 2 N–H and O–H groups in total. The Morgan fingerprint density at radius 2 is 2.00 bits per heavy atom. The van der Waals surface area contributed by atoms with E-state index >= 15 is 0 Å². The molecule has 0 aliphatic heterocycles. The molecule has 6 heteroatoms. The molecular weight excluding hydrogens is 257 g/mol. The lowest BCUT2D eigenvalue weighted by Crippen LogP contribution is -2.18. The second-order valence-electron chi connectivity index (χ2n) is 5.00. The van der Waals surface area contributed by atoms with Crippen LogP contribution in [0.4, 0.5) is 10.1 Å². The third-order valence-electron chi connectivity index (χ3n) is 3.84. The van der Waals surface area contributed by atoms with Crippen molar-refractivity contribution in [1.29, 1.82) is 0 Å². The van der Waals surface area contributed by atoms with Crippen LogP contribution in [-0.4, -0.2) is 20.2 Å². The van der Waals surface area contributed by atoms with Crippen LogP contribution >= 0.6 is 0 Å². The van der Waals surface area contributed by atoms with Gasteiger partial charge in [-0.1, -0.05) is 26.7 Å². The molecule has 0 aliphatic rings. The van der Waals surface area contributed by atoms with Gasteiger partial charge in [-0.15, -0.1) is 5.10 Å². The molecule has 0 saturated heterocycles. The molecule has 1 aromatic heterocycles. The number of benzene rings is 1. The third kappa shape index (κ3) is 2.64. The number of hydrogen-bond donors (Lipinski definition) is 1. The highest BCUT2D eigenvalue weighted by Crippen LogP contribution is 2.29. The van der Waals surface area contributed by atoms with Gasteiger partial charge in [0.05, 0.1) is 11.6 Å². The lowest BCUT2D eigenvalue weighted by molar-refractivity contribution is 0.308. The second kappa shape index (κ2) is 5.98. The summed E-state index contributed by atoms with van der Waals surface area (Å²) in [6, 6.07) is 4.67. The first kappa shape index (κ1) is 14.4. The Morgan fingerprint density at radius 3 is 2.60 bits per heavy atom. The molecule has 0 amide bonds. The molecule has 1 unspecified atom stereocenters. The molecule has 0 bridgehead atoms. The second-order valence-corrected chi connectivity index (χ2v) is 5.00. The Hall–Kier alpha value is -1.98. The van der Waals surface area contributed by atoms with Crippen molar-refractivity contribution in [3.8, 4) is 11.4 Å². The summed E-state index contributed by atoms with van der Waals surface area (Å²) < 4.78 is 15.7. The van der Waals surface area contributed by atoms with Gasteiger partial charge >= 0.3 is 0 Å². The lowest BCUT2D eigenvalue weighted by atomic mass is 9.95. The summed E-state index contributed by atoms with van der Waals surface area (Å²) in [6.07, 6.45) is 2.06. The maximum absolute atomic E-state index is 14.0. The van der Waals surface area contributed by atoms with E-state index in [0.29, 0.717) is 23.0 Å². The molecule has 0 spiro atoms. The van der Waals surface area contributed by atoms with E-state index in [-0.39, 0.29) is 6.04 Å². The van der Waals surface area contributed by atoms with Gasteiger partial charge in [-0.25, -0.2) is 9.07 Å². The molecule has 5 nitrogen and oxygen atoms in total. The zero-order valence-corrected chi connectivity index (χ0v) is 12.0. The Morgan fingerprint density at radius 1 is 1.30 bits per heavy atom. The van der Waals surface area contributed by atoms with Crippen molar-refractivity contribution in [1.82, 2.24) is 20.2 Å². The predicted molar refractivity (Wildman–Crippen MR) is 76.4 cm³/mol. The van der Waals surface area contributed by atoms with Crippen LogP contribution < -0.4 is 5.73 Å². The molecule has 1 aromatic carbocycles. The first-order chi connectivity index (χ1) is 9.58. The summed E-state index contributed by atoms with van der Waals surface area (Å²) in [5, 5.41) is 11.7. The highest BCUT2D eigenvalue weighted by molar-refractivity contribution is 5.59. The summed E-state index contributed by atoms with van der Waals surface area (Å²) in [5.74, 6) is 0.494. The van der Waals surface area contributed by atoms with Gasteiger partial charge in [0.2, 0.25) is 0 Å². The molecular formula is C14H20FN5. The minimum absolute atomic E-state index is 0.118. The monoisotopic (exact) mass is 277 g/mol. The SMILES string of the molecule is CCC(CC)C(C)n1nnnc1-c1ccc(N)cc1F. The average molecular weight is 277 g/mol. The molecule has 2 rings (SSSR count). The van der Waals surface area contributed by atoms with Crippen LogP contribution in [0.15, 0.2) is 18.2 Å². The van der Waals surface area contributed by atoms with Crippen molar-refractivity contribution in [2.75, 3.05) is 5.73 Å². The zero-order valence-electron chi connectivity index (χ0n) is 12.0. The van der Waals surface area contributed by atoms with E-state index in [4.69, 9.17) is 5.73 Å². The van der Waals surface area contributed by atoms with E-state index in [0.717, 1.165) is 12.8 Å². The Labute approximate surface area is 118 Å². The molecule has 0 saturated carbocycles. The first-order valence-electron chi connectivity index (χ1n) is 6.91. The topological polar surface area (TPSA) is 69.6 Å². The van der Waals surface area contributed by atoms with E-state index < -0.39 is 5.82 Å². The number of nitrogen functional groups attached to an aromatic ring is 1. The molecule has 108 valence electrons. The van der Waals surface area contributed by atoms with Gasteiger partial charge in [0.15, 0.2) is 5.82 Å². The fourth-order valence-electron chi connectivity index (χ4n) is 2.53. The fourth-order valence-corrected chi connectivity index (χ4v) is 2.53. The summed E-state index contributed by atoms with van der Waals surface area (Å²) in [7, 11) is 0. The van der Waals surface area contributed by atoms with Gasteiger partial charge in [0, 0.05) is 5.69 Å². The van der Waals surface area contributed by atoms with Crippen molar-refractivity contribution >= 4 is 5.69 Å². The minimum atomic E-state index is -0.405. The predicted octanol–water partition coefficient (Wildman–Crippen LogP) is 3.06. The zero-order chi connectivity index (χ0) is 14.7. The van der Waals surface area contributed by atoms with Gasteiger partial charge < -0.3 is 5.73 Å². The van der Waals surface area contributed by atoms with E-state index in [1.54, 1.807) is 16.8 Å². The Bertz CT molecular complexity index is 577. The van der Waals surface area contributed by atoms with Gasteiger partial charge in [-0.2, -0.15) is 0 Å². The van der Waals surface area contributed by atoms with E-state index in [9.17, 15) is 4.39 Å². The number of rotatable bonds is 5. The van der Waals surface area contributed by atoms with Crippen LogP contribution in [-0.2, 0) is 0 Å². The molecule has 0 fully saturated rings. The third-order valence-corrected chi connectivity index (χ3v) is 3.84. The molecule has 0 aliphatic carbocycles. The number of nitrogens with zero attached hydrogens (tertiary/aromatic N) is 4. The van der Waals surface area contributed by atoms with Crippen molar-refractivity contribution in [2.45, 2.75) is 39.7 Å². The summed E-state index contributed by atoms with van der Waals surface area (Å²) in [4.78, 5) is 0. The van der Waals surface area contributed by atoms with Crippen LogP contribution in [0, 0.1) is 11.7 Å². The maximum Gasteiger partial charge on any atom is 0.185 e. The van der Waals surface area contributed by atoms with Crippen LogP contribution in [0.5, 0.6) is 0 Å². The highest BCUT2D eigenvalue weighted by atomic mass is 19.1. The number of aromatic nitrogens is 4. The Balaban J connectivity index is 2.42. The van der Waals surface area contributed by atoms with Gasteiger partial charge in [-0.05, 0) is 41.5 Å². The number of hydrogen-bond acceptors (Lipinski definition) is 4. The standard InChI is InChI=1S/C14H20FN5/c1-4-10(5-2)9(3)20-14(17-18-19-20)12-7-6-11(16)8-13(12)15/h6-10H,4-5,16H2,1-3H3. The van der Waals surface area contributed by atoms with Crippen molar-refractivity contribution in [2.24, 2.45) is 5.92 Å². The minimum Gasteiger partial charge on any atom is -0.399 e. The molecule has 1 heterocycles. The number of anilines is 1. The van der Waals surface area contributed by atoms with Crippen molar-refractivity contribution in [3.05, 3.63) is 24.0 Å². The molecule has 1 atom stereocenters. The summed E-state index contributed by atoms with van der Waals surface area (Å²) in [6.45, 7) is 6.34. The fraction of sp³-hybridized carbons (Fsp3) is 0.500. The smallest absolute Gasteiger partial charge is 0.185 e. The molecule has 20 heavy (non-hydrogen) atoms. The van der Waals surface area contributed by atoms with Crippen LogP contribution in [0.1, 0.15) is 39.7 Å². The van der Waals surface area contributed by atoms with Crippen molar-refractivity contribution in [3.63, 3.8) is 0 Å². The number of tetrazole rings is 1. The van der Waals surface area contributed by atoms with E-state index in [1.165, 1.54) is 6.07 Å². The highest BCUT2D eigenvalue weighted by Gasteiger charge is 2.22. The van der Waals surface area contributed by atoms with Crippen LogP contribution in [0.2, 0.25) is 0 Å². The van der Waals surface area contributed by atoms with Crippen LogP contribution in [0.25, 0.3) is 11.4 Å². The summed E-state index contributed by atoms with van der Waals surface area (Å²) >= 11 is 0. The quantitative estimate of drug-likeness (QED) is 0.853. The maximum atomic E-state index is 14.0. The van der Waals surface area contributed by atoms with Gasteiger partial charge in [0.1, 0.15) is 5.82 Å². The molecule has 0 radical (unpaired) electrons. The van der Waals surface area contributed by atoms with Crippen molar-refractivity contribution < 1.29 is 4.39 Å². The largest absolute Gasteiger partial charge is 0.399 e. The lowest BCUT2D eigenvalue weighted by Gasteiger charge is -2.22. The van der Waals surface area contributed by atoms with Gasteiger partial charge in [-0.3, -0.25) is 0 Å². The summed E-state index contributed by atoms with van der Waals surface area (Å²) in [5.41, 5.74) is 6.34. The van der Waals surface area contributed by atoms with Crippen LogP contribution in [0.3, 0.4) is 0 Å². The average Bonchev–Trinajstić information content (AvgIpc) is 2.89. The number of halogens is 1. The Kier molecular flexibility index (Phi) is 4.32. The van der Waals surface area contributed by atoms with Gasteiger partial charge in [0.25, 0.3) is 0 Å². The number of nitrogens with two attached hydrogens (primary N) is 1. The van der Waals surface area contributed by atoms with E-state index in [1.807, 2.05) is 0 Å². The first-order valence-corrected chi connectivity index (χ1v) is 6.91.